The summed E-state index contributed by atoms with van der Waals surface area (Å²) in [6.07, 6.45) is 11.6. The molecule has 1 aliphatic carbocycles. The smallest absolute Gasteiger partial charge is 0.221 e. The van der Waals surface area contributed by atoms with Crippen LogP contribution in [0, 0.1) is 0 Å². The molecule has 0 aromatic rings. The summed E-state index contributed by atoms with van der Waals surface area (Å²) >= 11 is 1.74. The van der Waals surface area contributed by atoms with Crippen LogP contribution in [0.3, 0.4) is 0 Å². The van der Waals surface area contributed by atoms with Crippen LogP contribution >= 0.6 is 11.8 Å². The van der Waals surface area contributed by atoms with E-state index in [-0.39, 0.29) is 5.91 Å². The fraction of sp³-hybridized carbons (Fsp3) is 0.929. The highest BCUT2D eigenvalue weighted by atomic mass is 32.2. The van der Waals surface area contributed by atoms with Crippen LogP contribution in [-0.4, -0.2) is 36.0 Å². The molecule has 4 heteroatoms. The van der Waals surface area contributed by atoms with E-state index in [1.165, 1.54) is 32.1 Å². The van der Waals surface area contributed by atoms with E-state index < -0.39 is 0 Å². The van der Waals surface area contributed by atoms with Gasteiger partial charge < -0.3 is 10.6 Å². The minimum Gasteiger partial charge on any atom is -0.353 e. The van der Waals surface area contributed by atoms with E-state index in [9.17, 15) is 4.79 Å². The first-order chi connectivity index (χ1) is 8.74. The number of hydrogen-bond acceptors (Lipinski definition) is 3. The fourth-order valence-corrected chi connectivity index (χ4v) is 3.77. The molecule has 2 fully saturated rings. The normalized spacial score (nSPS) is 27.1. The summed E-state index contributed by atoms with van der Waals surface area (Å²) in [7, 11) is 0. The van der Waals surface area contributed by atoms with Crippen molar-refractivity contribution in [2.24, 2.45) is 0 Å². The number of carbonyl (C=O) groups excluding carboxylic acids is 1. The van der Waals surface area contributed by atoms with Crippen LogP contribution in [0.2, 0.25) is 0 Å². The highest BCUT2D eigenvalue weighted by Gasteiger charge is 2.37. The molecular formula is C14H26N2OS. The Morgan fingerprint density at radius 1 is 1.39 bits per heavy atom. The Labute approximate surface area is 115 Å². The topological polar surface area (TPSA) is 41.1 Å². The van der Waals surface area contributed by atoms with E-state index >= 15 is 0 Å². The molecule has 0 bridgehead atoms. The van der Waals surface area contributed by atoms with Crippen molar-refractivity contribution < 1.29 is 4.79 Å². The van der Waals surface area contributed by atoms with Crippen LogP contribution in [0.4, 0.5) is 0 Å². The van der Waals surface area contributed by atoms with E-state index in [1.807, 2.05) is 0 Å². The summed E-state index contributed by atoms with van der Waals surface area (Å²) in [6.45, 7) is 1.06. The van der Waals surface area contributed by atoms with Gasteiger partial charge in [-0.15, -0.1) is 0 Å². The molecule has 104 valence electrons. The van der Waals surface area contributed by atoms with Gasteiger partial charge in [-0.25, -0.2) is 0 Å². The lowest BCUT2D eigenvalue weighted by Gasteiger charge is -2.44. The molecule has 0 aromatic carbocycles. The SMILES string of the molecule is CSCCC(=O)NC1CCNC2(CCCCC2)C1. The van der Waals surface area contributed by atoms with Crippen molar-refractivity contribution in [3.63, 3.8) is 0 Å². The Balaban J connectivity index is 1.80. The number of thioether (sulfide) groups is 1. The lowest BCUT2D eigenvalue weighted by Crippen LogP contribution is -2.57. The monoisotopic (exact) mass is 270 g/mol. The Kier molecular flexibility index (Phi) is 5.37. The van der Waals surface area contributed by atoms with Crippen molar-refractivity contribution in [3.05, 3.63) is 0 Å². The van der Waals surface area contributed by atoms with E-state index in [4.69, 9.17) is 0 Å². The zero-order chi connectivity index (χ0) is 12.8. The molecule has 18 heavy (non-hydrogen) atoms. The Morgan fingerprint density at radius 3 is 2.89 bits per heavy atom. The van der Waals surface area contributed by atoms with Crippen LogP contribution in [0.5, 0.6) is 0 Å². The molecular weight excluding hydrogens is 244 g/mol. The molecule has 2 aliphatic rings. The quantitative estimate of drug-likeness (QED) is 0.823. The maximum absolute atomic E-state index is 11.8. The standard InChI is InChI=1S/C14H26N2OS/c1-18-10-6-13(17)16-12-5-9-15-14(11-12)7-3-2-4-8-14/h12,15H,2-11H2,1H3,(H,16,17). The van der Waals surface area contributed by atoms with Crippen molar-refractivity contribution in [2.45, 2.75) is 62.9 Å². The van der Waals surface area contributed by atoms with E-state index in [0.717, 1.165) is 25.1 Å². The molecule has 1 spiro atoms. The predicted octanol–water partition coefficient (Wildman–Crippen LogP) is 2.31. The van der Waals surface area contributed by atoms with Crippen LogP contribution in [0.15, 0.2) is 0 Å². The summed E-state index contributed by atoms with van der Waals surface area (Å²) in [6, 6.07) is 0.402. The van der Waals surface area contributed by atoms with Gasteiger partial charge in [0, 0.05) is 23.8 Å². The maximum atomic E-state index is 11.8. The van der Waals surface area contributed by atoms with Gasteiger partial charge in [-0.1, -0.05) is 19.3 Å². The predicted molar refractivity (Wildman–Crippen MR) is 78.0 cm³/mol. The first-order valence-corrected chi connectivity index (χ1v) is 8.67. The van der Waals surface area contributed by atoms with Crippen molar-refractivity contribution in [2.75, 3.05) is 18.6 Å². The minimum atomic E-state index is 0.238. The Hall–Kier alpha value is -0.220. The molecule has 2 rings (SSSR count). The Morgan fingerprint density at radius 2 is 2.17 bits per heavy atom. The molecule has 3 nitrogen and oxygen atoms in total. The van der Waals surface area contributed by atoms with E-state index in [2.05, 4.69) is 16.9 Å². The van der Waals surface area contributed by atoms with Crippen LogP contribution in [0.25, 0.3) is 0 Å². The second-order valence-electron chi connectivity index (χ2n) is 5.77. The number of carbonyl (C=O) groups is 1. The molecule has 1 amide bonds. The van der Waals surface area contributed by atoms with Crippen LogP contribution < -0.4 is 10.6 Å². The van der Waals surface area contributed by atoms with Gasteiger partial charge in [0.1, 0.15) is 0 Å². The zero-order valence-electron chi connectivity index (χ0n) is 11.5. The lowest BCUT2D eigenvalue weighted by atomic mass is 9.75. The van der Waals surface area contributed by atoms with Gasteiger partial charge >= 0.3 is 0 Å². The third kappa shape index (κ3) is 3.89. The molecule has 2 N–H and O–H groups in total. The largest absolute Gasteiger partial charge is 0.353 e. The fourth-order valence-electron chi connectivity index (χ4n) is 3.38. The molecule has 1 atom stereocenters. The van der Waals surface area contributed by atoms with Crippen LogP contribution in [0.1, 0.15) is 51.4 Å². The molecule has 1 heterocycles. The summed E-state index contributed by atoms with van der Waals surface area (Å²) in [5.41, 5.74) is 0.341. The first-order valence-electron chi connectivity index (χ1n) is 7.27. The summed E-state index contributed by atoms with van der Waals surface area (Å²) < 4.78 is 0. The third-order valence-electron chi connectivity index (χ3n) is 4.34. The number of nitrogens with one attached hydrogen (secondary N) is 2. The summed E-state index contributed by atoms with van der Waals surface area (Å²) in [4.78, 5) is 11.8. The number of piperidine rings is 1. The van der Waals surface area contributed by atoms with Crippen molar-refractivity contribution in [1.82, 2.24) is 10.6 Å². The van der Waals surface area contributed by atoms with Gasteiger partial charge in [-0.05, 0) is 38.5 Å². The molecule has 0 aromatic heterocycles. The van der Waals surface area contributed by atoms with Crippen molar-refractivity contribution in [1.29, 1.82) is 0 Å². The summed E-state index contributed by atoms with van der Waals surface area (Å²) in [5.74, 6) is 1.17. The first kappa shape index (κ1) is 14.2. The lowest BCUT2D eigenvalue weighted by molar-refractivity contribution is -0.121. The second kappa shape index (κ2) is 6.80. The molecule has 1 aliphatic heterocycles. The van der Waals surface area contributed by atoms with Gasteiger partial charge in [-0.2, -0.15) is 11.8 Å². The third-order valence-corrected chi connectivity index (χ3v) is 4.95. The van der Waals surface area contributed by atoms with E-state index in [0.29, 0.717) is 18.0 Å². The molecule has 1 saturated carbocycles. The van der Waals surface area contributed by atoms with Gasteiger partial charge in [0.2, 0.25) is 5.91 Å². The average Bonchev–Trinajstić information content (AvgIpc) is 2.37. The number of hydrogen-bond donors (Lipinski definition) is 2. The Bertz CT molecular complexity index is 271. The van der Waals surface area contributed by atoms with Crippen molar-refractivity contribution >= 4 is 17.7 Å². The van der Waals surface area contributed by atoms with E-state index in [1.54, 1.807) is 11.8 Å². The highest BCUT2D eigenvalue weighted by Crippen LogP contribution is 2.34. The number of rotatable bonds is 4. The highest BCUT2D eigenvalue weighted by molar-refractivity contribution is 7.98. The molecule has 1 saturated heterocycles. The molecule has 0 radical (unpaired) electrons. The van der Waals surface area contributed by atoms with Crippen molar-refractivity contribution in [3.8, 4) is 0 Å². The maximum Gasteiger partial charge on any atom is 0.221 e. The second-order valence-corrected chi connectivity index (χ2v) is 6.75. The average molecular weight is 270 g/mol. The molecule has 1 unspecified atom stereocenters. The number of amides is 1. The van der Waals surface area contributed by atoms with Crippen LogP contribution in [-0.2, 0) is 4.79 Å². The zero-order valence-corrected chi connectivity index (χ0v) is 12.3. The van der Waals surface area contributed by atoms with Gasteiger partial charge in [0.05, 0.1) is 0 Å². The summed E-state index contributed by atoms with van der Waals surface area (Å²) in [5, 5.41) is 6.96. The van der Waals surface area contributed by atoms with Gasteiger partial charge in [0.25, 0.3) is 0 Å². The van der Waals surface area contributed by atoms with Gasteiger partial charge in [-0.3, -0.25) is 4.79 Å². The van der Waals surface area contributed by atoms with Gasteiger partial charge in [0.15, 0.2) is 0 Å². The minimum absolute atomic E-state index is 0.238.